The molecule has 3 aliphatic rings. The number of ether oxygens (including phenoxy) is 1. The smallest absolute Gasteiger partial charge is 0.194 e. The van der Waals surface area contributed by atoms with Gasteiger partial charge >= 0.3 is 0 Å². The second-order valence-electron chi connectivity index (χ2n) is 7.21. The molecule has 1 N–H and O–H groups in total. The SMILES string of the molecule is CN=C(NCc1nnc2n1CCC2)N1CCN(CC2CCOC2)CC1.I. The summed E-state index contributed by atoms with van der Waals surface area (Å²) < 4.78 is 7.73. The third-order valence-electron chi connectivity index (χ3n) is 5.51. The Morgan fingerprint density at radius 3 is 2.81 bits per heavy atom. The molecule has 0 radical (unpaired) electrons. The van der Waals surface area contributed by atoms with E-state index in [0.717, 1.165) is 75.9 Å². The van der Waals surface area contributed by atoms with Crippen LogP contribution in [-0.2, 0) is 24.2 Å². The molecule has 1 atom stereocenters. The Morgan fingerprint density at radius 1 is 1.23 bits per heavy atom. The fourth-order valence-corrected chi connectivity index (χ4v) is 4.07. The van der Waals surface area contributed by atoms with Gasteiger partial charge in [0.2, 0.25) is 0 Å². The van der Waals surface area contributed by atoms with E-state index in [-0.39, 0.29) is 24.0 Å². The molecule has 9 heteroatoms. The van der Waals surface area contributed by atoms with Crippen LogP contribution in [0.2, 0.25) is 0 Å². The zero-order chi connectivity index (χ0) is 17.1. The van der Waals surface area contributed by atoms with Gasteiger partial charge in [0.15, 0.2) is 11.8 Å². The largest absolute Gasteiger partial charge is 0.381 e. The quantitative estimate of drug-likeness (QED) is 0.390. The van der Waals surface area contributed by atoms with Gasteiger partial charge < -0.3 is 19.5 Å². The molecule has 0 aromatic carbocycles. The first kappa shape index (κ1) is 19.8. The summed E-state index contributed by atoms with van der Waals surface area (Å²) >= 11 is 0. The number of guanidine groups is 1. The van der Waals surface area contributed by atoms with E-state index in [4.69, 9.17) is 4.74 Å². The van der Waals surface area contributed by atoms with Gasteiger partial charge in [0.25, 0.3) is 0 Å². The van der Waals surface area contributed by atoms with E-state index < -0.39 is 0 Å². The molecule has 4 heterocycles. The van der Waals surface area contributed by atoms with E-state index in [1.807, 2.05) is 7.05 Å². The van der Waals surface area contributed by atoms with Gasteiger partial charge in [-0.2, -0.15) is 0 Å². The van der Waals surface area contributed by atoms with Gasteiger partial charge in [0.05, 0.1) is 13.2 Å². The predicted octanol–water partition coefficient (Wildman–Crippen LogP) is 0.572. The van der Waals surface area contributed by atoms with Crippen molar-refractivity contribution in [1.29, 1.82) is 0 Å². The Kier molecular flexibility index (Phi) is 7.10. The van der Waals surface area contributed by atoms with Crippen molar-refractivity contribution in [1.82, 2.24) is 29.9 Å². The Labute approximate surface area is 172 Å². The van der Waals surface area contributed by atoms with Crippen LogP contribution in [0, 0.1) is 5.92 Å². The summed E-state index contributed by atoms with van der Waals surface area (Å²) in [6.07, 6.45) is 3.45. The third kappa shape index (κ3) is 4.48. The van der Waals surface area contributed by atoms with Crippen LogP contribution < -0.4 is 5.32 Å². The lowest BCUT2D eigenvalue weighted by molar-refractivity contribution is 0.139. The van der Waals surface area contributed by atoms with Gasteiger partial charge in [0.1, 0.15) is 5.82 Å². The minimum Gasteiger partial charge on any atom is -0.381 e. The Hall–Kier alpha value is -0.940. The van der Waals surface area contributed by atoms with Crippen molar-refractivity contribution in [3.8, 4) is 0 Å². The second-order valence-corrected chi connectivity index (χ2v) is 7.21. The van der Waals surface area contributed by atoms with E-state index in [9.17, 15) is 0 Å². The van der Waals surface area contributed by atoms with Gasteiger partial charge in [-0.05, 0) is 18.8 Å². The maximum Gasteiger partial charge on any atom is 0.194 e. The topological polar surface area (TPSA) is 70.8 Å². The number of nitrogens with one attached hydrogen (secondary N) is 1. The number of halogens is 1. The second kappa shape index (κ2) is 9.32. The number of hydrogen-bond acceptors (Lipinski definition) is 5. The van der Waals surface area contributed by atoms with Crippen LogP contribution in [0.15, 0.2) is 4.99 Å². The number of rotatable bonds is 4. The minimum absolute atomic E-state index is 0. The van der Waals surface area contributed by atoms with Gasteiger partial charge in [-0.15, -0.1) is 34.2 Å². The summed E-state index contributed by atoms with van der Waals surface area (Å²) in [4.78, 5) is 9.38. The molecule has 2 saturated heterocycles. The average molecular weight is 475 g/mol. The highest BCUT2D eigenvalue weighted by Crippen LogP contribution is 2.16. The molecule has 26 heavy (non-hydrogen) atoms. The Bertz CT molecular complexity index is 606. The van der Waals surface area contributed by atoms with E-state index >= 15 is 0 Å². The zero-order valence-corrected chi connectivity index (χ0v) is 17.9. The van der Waals surface area contributed by atoms with Crippen molar-refractivity contribution in [3.05, 3.63) is 11.6 Å². The highest BCUT2D eigenvalue weighted by atomic mass is 127. The van der Waals surface area contributed by atoms with Crippen molar-refractivity contribution in [2.24, 2.45) is 10.9 Å². The molecule has 8 nitrogen and oxygen atoms in total. The number of aliphatic imine (C=N–C) groups is 1. The number of aromatic nitrogens is 3. The molecule has 1 aromatic heterocycles. The van der Waals surface area contributed by atoms with Crippen LogP contribution in [0.25, 0.3) is 0 Å². The number of nitrogens with zero attached hydrogens (tertiary/aromatic N) is 6. The standard InChI is InChI=1S/C17H29N7O.HI/c1-18-17(19-11-16-21-20-15-3-2-5-24(15)16)23-8-6-22(7-9-23)12-14-4-10-25-13-14;/h14H,2-13H2,1H3,(H,18,19);1H. The number of hydrogen-bond donors (Lipinski definition) is 1. The van der Waals surface area contributed by atoms with Crippen molar-refractivity contribution in [3.63, 3.8) is 0 Å². The first-order valence-electron chi connectivity index (χ1n) is 9.50. The van der Waals surface area contributed by atoms with Crippen molar-refractivity contribution < 1.29 is 4.74 Å². The lowest BCUT2D eigenvalue weighted by Gasteiger charge is -2.37. The van der Waals surface area contributed by atoms with Crippen molar-refractivity contribution in [2.45, 2.75) is 32.4 Å². The number of piperazine rings is 1. The molecule has 0 saturated carbocycles. The highest BCUT2D eigenvalue weighted by Gasteiger charge is 2.24. The molecule has 0 spiro atoms. The van der Waals surface area contributed by atoms with Gasteiger partial charge in [-0.25, -0.2) is 0 Å². The molecular weight excluding hydrogens is 445 g/mol. The summed E-state index contributed by atoms with van der Waals surface area (Å²) in [6.45, 7) is 9.01. The maximum atomic E-state index is 5.50. The molecule has 4 rings (SSSR count). The monoisotopic (exact) mass is 475 g/mol. The Morgan fingerprint density at radius 2 is 2.08 bits per heavy atom. The first-order chi connectivity index (χ1) is 12.3. The summed E-state index contributed by atoms with van der Waals surface area (Å²) in [5.41, 5.74) is 0. The van der Waals surface area contributed by atoms with Gasteiger partial charge in [-0.1, -0.05) is 0 Å². The third-order valence-corrected chi connectivity index (χ3v) is 5.51. The summed E-state index contributed by atoms with van der Waals surface area (Å²) in [5.74, 6) is 3.84. The van der Waals surface area contributed by atoms with Gasteiger partial charge in [0, 0.05) is 59.3 Å². The average Bonchev–Trinajstić information content (AvgIpc) is 3.36. The normalized spacial score (nSPS) is 23.8. The van der Waals surface area contributed by atoms with E-state index in [2.05, 4.69) is 34.9 Å². The van der Waals surface area contributed by atoms with Crippen LogP contribution in [0.1, 0.15) is 24.5 Å². The predicted molar refractivity (Wildman–Crippen MR) is 111 cm³/mol. The lowest BCUT2D eigenvalue weighted by Crippen LogP contribution is -2.53. The zero-order valence-electron chi connectivity index (χ0n) is 15.6. The van der Waals surface area contributed by atoms with E-state index in [1.54, 1.807) is 0 Å². The molecule has 0 amide bonds. The Balaban J connectivity index is 0.00000196. The first-order valence-corrected chi connectivity index (χ1v) is 9.50. The van der Waals surface area contributed by atoms with Crippen LogP contribution in [0.5, 0.6) is 0 Å². The lowest BCUT2D eigenvalue weighted by atomic mass is 10.1. The molecule has 1 aromatic rings. The van der Waals surface area contributed by atoms with Crippen LogP contribution in [0.3, 0.4) is 0 Å². The summed E-state index contributed by atoms with van der Waals surface area (Å²) in [6, 6.07) is 0. The molecule has 1 unspecified atom stereocenters. The fraction of sp³-hybridized carbons (Fsp3) is 0.824. The molecule has 2 fully saturated rings. The molecule has 0 bridgehead atoms. The molecule has 3 aliphatic heterocycles. The molecule has 0 aliphatic carbocycles. The summed E-state index contributed by atoms with van der Waals surface area (Å²) in [7, 11) is 1.86. The number of fused-ring (bicyclic) bond motifs is 1. The number of aryl methyl sites for hydroxylation is 1. The highest BCUT2D eigenvalue weighted by molar-refractivity contribution is 14.0. The van der Waals surface area contributed by atoms with Crippen molar-refractivity contribution in [2.75, 3.05) is 53.0 Å². The van der Waals surface area contributed by atoms with Gasteiger partial charge in [-0.3, -0.25) is 9.89 Å². The summed E-state index contributed by atoms with van der Waals surface area (Å²) in [5, 5.41) is 12.1. The van der Waals surface area contributed by atoms with Crippen molar-refractivity contribution >= 4 is 29.9 Å². The molecular formula is C17H30IN7O. The van der Waals surface area contributed by atoms with Crippen LogP contribution >= 0.6 is 24.0 Å². The minimum atomic E-state index is 0. The molecule has 146 valence electrons. The van der Waals surface area contributed by atoms with E-state index in [0.29, 0.717) is 6.54 Å². The van der Waals surface area contributed by atoms with E-state index in [1.165, 1.54) is 19.4 Å². The maximum absolute atomic E-state index is 5.50. The van der Waals surface area contributed by atoms with Crippen LogP contribution in [-0.4, -0.2) is 83.5 Å². The van der Waals surface area contributed by atoms with Crippen LogP contribution in [0.4, 0.5) is 0 Å². The fourth-order valence-electron chi connectivity index (χ4n) is 4.07.